The number of carbonyl (C=O) groups excluding carboxylic acids is 4. The molecule has 13 N–H and O–H groups in total. The number of amides is 4. The number of aliphatic imine (C=N–C) groups is 1. The third-order valence-corrected chi connectivity index (χ3v) is 7.30. The van der Waals surface area contributed by atoms with Gasteiger partial charge in [0.05, 0.1) is 6.04 Å². The standard InChI is InChI=1S/C31H55N9O4/c1-2-3-4-5-6-10-17-25(29(43)38-24(27(34)41)16-11-12-19-32)40-30(44)26(18-13-20-37-31(35)36)39-28(42)23(33)21-22-14-8-7-9-15-22/h7-9,14-15,23-26H,2-6,10-13,16-21,32-33H2,1H3,(H2,34,41)(H,38,43)(H,39,42)(H,40,44)(H4,35,36,37)/t23-,24-,25-,26+/m0/s1. The molecule has 13 heteroatoms. The number of hydrogen-bond acceptors (Lipinski definition) is 7. The molecule has 0 radical (unpaired) electrons. The Morgan fingerprint density at radius 2 is 1.23 bits per heavy atom. The van der Waals surface area contributed by atoms with Gasteiger partial charge in [-0.25, -0.2) is 0 Å². The van der Waals surface area contributed by atoms with Crippen molar-refractivity contribution in [3.63, 3.8) is 0 Å². The lowest BCUT2D eigenvalue weighted by Gasteiger charge is -2.25. The first-order chi connectivity index (χ1) is 21.1. The quantitative estimate of drug-likeness (QED) is 0.0458. The molecule has 0 heterocycles. The van der Waals surface area contributed by atoms with Crippen molar-refractivity contribution >= 4 is 29.6 Å². The van der Waals surface area contributed by atoms with Crippen LogP contribution >= 0.6 is 0 Å². The first-order valence-electron chi connectivity index (χ1n) is 15.8. The maximum atomic E-state index is 13.6. The summed E-state index contributed by atoms with van der Waals surface area (Å²) in [7, 11) is 0. The molecule has 4 amide bonds. The molecule has 13 nitrogen and oxygen atoms in total. The number of unbranched alkanes of at least 4 members (excludes halogenated alkanes) is 6. The average Bonchev–Trinajstić information content (AvgIpc) is 2.99. The van der Waals surface area contributed by atoms with E-state index >= 15 is 0 Å². The highest BCUT2D eigenvalue weighted by atomic mass is 16.2. The van der Waals surface area contributed by atoms with Crippen molar-refractivity contribution in [3.8, 4) is 0 Å². The molecule has 248 valence electrons. The lowest BCUT2D eigenvalue weighted by molar-refractivity contribution is -0.133. The number of carbonyl (C=O) groups is 4. The Morgan fingerprint density at radius 3 is 1.82 bits per heavy atom. The van der Waals surface area contributed by atoms with Gasteiger partial charge in [0.25, 0.3) is 0 Å². The third kappa shape index (κ3) is 16.8. The Labute approximate surface area is 261 Å². The highest BCUT2D eigenvalue weighted by Gasteiger charge is 2.29. The van der Waals surface area contributed by atoms with E-state index in [1.165, 1.54) is 0 Å². The molecule has 0 aliphatic carbocycles. The molecule has 44 heavy (non-hydrogen) atoms. The number of hydrogen-bond donors (Lipinski definition) is 8. The number of nitrogens with two attached hydrogens (primary N) is 5. The van der Waals surface area contributed by atoms with Gasteiger partial charge in [-0.15, -0.1) is 0 Å². The highest BCUT2D eigenvalue weighted by Crippen LogP contribution is 2.11. The molecule has 0 saturated carbocycles. The van der Waals surface area contributed by atoms with Crippen LogP contribution in [0.3, 0.4) is 0 Å². The van der Waals surface area contributed by atoms with Gasteiger partial charge >= 0.3 is 0 Å². The first-order valence-corrected chi connectivity index (χ1v) is 15.8. The van der Waals surface area contributed by atoms with Crippen molar-refractivity contribution in [2.24, 2.45) is 33.7 Å². The van der Waals surface area contributed by atoms with Crippen molar-refractivity contribution < 1.29 is 19.2 Å². The van der Waals surface area contributed by atoms with E-state index in [1.807, 2.05) is 30.3 Å². The van der Waals surface area contributed by atoms with Crippen molar-refractivity contribution in [2.45, 2.75) is 115 Å². The number of guanidine groups is 1. The number of nitrogens with zero attached hydrogens (tertiary/aromatic N) is 1. The van der Waals surface area contributed by atoms with Crippen LogP contribution < -0.4 is 44.6 Å². The maximum Gasteiger partial charge on any atom is 0.243 e. The summed E-state index contributed by atoms with van der Waals surface area (Å²) in [6.45, 7) is 2.85. The van der Waals surface area contributed by atoms with Crippen LogP contribution in [0.15, 0.2) is 35.3 Å². The summed E-state index contributed by atoms with van der Waals surface area (Å²) in [5.41, 5.74) is 29.0. The van der Waals surface area contributed by atoms with Crippen molar-refractivity contribution in [2.75, 3.05) is 13.1 Å². The van der Waals surface area contributed by atoms with Gasteiger partial charge in [-0.05, 0) is 57.1 Å². The van der Waals surface area contributed by atoms with E-state index in [9.17, 15) is 19.2 Å². The van der Waals surface area contributed by atoms with E-state index in [-0.39, 0.29) is 25.3 Å². The van der Waals surface area contributed by atoms with E-state index in [2.05, 4.69) is 27.9 Å². The Bertz CT molecular complexity index is 1020. The van der Waals surface area contributed by atoms with E-state index in [1.54, 1.807) is 0 Å². The largest absolute Gasteiger partial charge is 0.370 e. The SMILES string of the molecule is CCCCCCCC[C@H](NC(=O)[C@@H](CCCN=C(N)N)NC(=O)[C@@H](N)Cc1ccccc1)C(=O)N[C@@H](CCCCN)C(N)=O. The van der Waals surface area contributed by atoms with Gasteiger partial charge in [0.1, 0.15) is 18.1 Å². The molecule has 0 saturated heterocycles. The fourth-order valence-electron chi connectivity index (χ4n) is 4.73. The minimum Gasteiger partial charge on any atom is -0.370 e. The number of rotatable bonds is 24. The van der Waals surface area contributed by atoms with E-state index in [0.717, 1.165) is 37.7 Å². The number of benzene rings is 1. The molecule has 0 bridgehead atoms. The highest BCUT2D eigenvalue weighted by molar-refractivity contribution is 5.94. The Hall–Kier alpha value is -3.71. The monoisotopic (exact) mass is 617 g/mol. The zero-order valence-electron chi connectivity index (χ0n) is 26.3. The normalized spacial score (nSPS) is 13.6. The summed E-state index contributed by atoms with van der Waals surface area (Å²) >= 11 is 0. The molecule has 0 spiro atoms. The van der Waals surface area contributed by atoms with Gasteiger partial charge in [-0.1, -0.05) is 75.8 Å². The van der Waals surface area contributed by atoms with E-state index in [4.69, 9.17) is 28.7 Å². The lowest BCUT2D eigenvalue weighted by atomic mass is 10.0. The molecular weight excluding hydrogens is 562 g/mol. The molecule has 1 aromatic carbocycles. The summed E-state index contributed by atoms with van der Waals surface area (Å²) < 4.78 is 0. The summed E-state index contributed by atoms with van der Waals surface area (Å²) in [5.74, 6) is -2.28. The zero-order valence-corrected chi connectivity index (χ0v) is 26.3. The molecule has 0 unspecified atom stereocenters. The summed E-state index contributed by atoms with van der Waals surface area (Å²) in [6, 6.07) is 5.62. The molecule has 4 atom stereocenters. The van der Waals surface area contributed by atoms with Crippen LogP contribution in [0.4, 0.5) is 0 Å². The van der Waals surface area contributed by atoms with E-state index < -0.39 is 47.8 Å². The minimum absolute atomic E-state index is 0.0777. The van der Waals surface area contributed by atoms with Crippen LogP contribution in [0.1, 0.15) is 89.5 Å². The maximum absolute atomic E-state index is 13.6. The fourth-order valence-corrected chi connectivity index (χ4v) is 4.73. The van der Waals surface area contributed by atoms with Crippen LogP contribution in [-0.4, -0.2) is 66.8 Å². The second-order valence-corrected chi connectivity index (χ2v) is 11.2. The van der Waals surface area contributed by atoms with Gasteiger partial charge in [-0.3, -0.25) is 24.2 Å². The molecule has 0 fully saturated rings. The number of nitrogens with one attached hydrogen (secondary N) is 3. The predicted octanol–water partition coefficient (Wildman–Crippen LogP) is 0.429. The van der Waals surface area contributed by atoms with Gasteiger partial charge in [-0.2, -0.15) is 0 Å². The van der Waals surface area contributed by atoms with Crippen molar-refractivity contribution in [1.29, 1.82) is 0 Å². The summed E-state index contributed by atoms with van der Waals surface area (Å²) in [6.07, 6.45) is 8.85. The Balaban J connectivity index is 3.04. The minimum atomic E-state index is -0.991. The molecule has 0 aliphatic rings. The molecule has 1 aromatic rings. The number of primary amides is 1. The van der Waals surface area contributed by atoms with Crippen LogP contribution in [-0.2, 0) is 25.6 Å². The smallest absolute Gasteiger partial charge is 0.243 e. The Morgan fingerprint density at radius 1 is 0.705 bits per heavy atom. The molecular formula is C31H55N9O4. The van der Waals surface area contributed by atoms with Crippen LogP contribution in [0.5, 0.6) is 0 Å². The van der Waals surface area contributed by atoms with Crippen molar-refractivity contribution in [3.05, 3.63) is 35.9 Å². The van der Waals surface area contributed by atoms with Crippen molar-refractivity contribution in [1.82, 2.24) is 16.0 Å². The third-order valence-electron chi connectivity index (χ3n) is 7.30. The topological polar surface area (TPSA) is 247 Å². The summed E-state index contributed by atoms with van der Waals surface area (Å²) in [5, 5.41) is 8.27. The summed E-state index contributed by atoms with van der Waals surface area (Å²) in [4.78, 5) is 56.0. The van der Waals surface area contributed by atoms with Gasteiger partial charge in [0.2, 0.25) is 23.6 Å². The second kappa shape index (κ2) is 22.8. The predicted molar refractivity (Wildman–Crippen MR) is 174 cm³/mol. The second-order valence-electron chi connectivity index (χ2n) is 11.2. The van der Waals surface area contributed by atoms with Gasteiger partial charge in [0, 0.05) is 6.54 Å². The lowest BCUT2D eigenvalue weighted by Crippen LogP contribution is -2.57. The van der Waals surface area contributed by atoms with E-state index in [0.29, 0.717) is 45.1 Å². The van der Waals surface area contributed by atoms with Gasteiger partial charge < -0.3 is 44.6 Å². The molecule has 0 aromatic heterocycles. The van der Waals surface area contributed by atoms with Crippen LogP contribution in [0, 0.1) is 0 Å². The average molecular weight is 618 g/mol. The van der Waals surface area contributed by atoms with Gasteiger partial charge in [0.15, 0.2) is 5.96 Å². The molecule has 0 aliphatic heterocycles. The van der Waals surface area contributed by atoms with Crippen LogP contribution in [0.2, 0.25) is 0 Å². The zero-order chi connectivity index (χ0) is 32.7. The van der Waals surface area contributed by atoms with Crippen LogP contribution in [0.25, 0.3) is 0 Å². The fraction of sp³-hybridized carbons (Fsp3) is 0.645. The first kappa shape index (κ1) is 38.3. The Kier molecular flexibility index (Phi) is 19.8. The molecule has 1 rings (SSSR count).